The van der Waals surface area contributed by atoms with Crippen LogP contribution in [0.2, 0.25) is 0 Å². The zero-order valence-electron chi connectivity index (χ0n) is 32.1. The molecule has 2 aromatic heterocycles. The molecular formula is C42H56Br2F2O4S4. The lowest BCUT2D eigenvalue weighted by molar-refractivity contribution is -0.140. The van der Waals surface area contributed by atoms with Gasteiger partial charge in [0.1, 0.15) is 15.3 Å². The Hall–Kier alpha value is -0.920. The Morgan fingerprint density at radius 2 is 1.39 bits per heavy atom. The van der Waals surface area contributed by atoms with Crippen LogP contribution < -0.4 is 9.06 Å². The molecule has 54 heavy (non-hydrogen) atoms. The number of esters is 2. The van der Waals surface area contributed by atoms with E-state index < -0.39 is 27.2 Å². The Bertz CT molecular complexity index is 1720. The Balaban J connectivity index is 1.51. The van der Waals surface area contributed by atoms with Crippen molar-refractivity contribution in [2.45, 2.75) is 138 Å². The fraction of sp³-hybridized carbons (Fsp3) is 0.619. The minimum Gasteiger partial charge on any atom is -0.462 e. The van der Waals surface area contributed by atoms with Crippen LogP contribution in [-0.4, -0.2) is 29.3 Å². The van der Waals surface area contributed by atoms with Gasteiger partial charge in [0.05, 0.1) is 42.8 Å². The van der Waals surface area contributed by atoms with Crippen molar-refractivity contribution >= 4 is 99.8 Å². The lowest BCUT2D eigenvalue weighted by Crippen LogP contribution is -2.17. The van der Waals surface area contributed by atoms with Crippen molar-refractivity contribution in [2.75, 3.05) is 13.2 Å². The molecule has 0 saturated carbocycles. The van der Waals surface area contributed by atoms with E-state index in [9.17, 15) is 9.59 Å². The molecule has 4 rings (SSSR count). The van der Waals surface area contributed by atoms with Crippen molar-refractivity contribution in [3.05, 3.63) is 66.4 Å². The van der Waals surface area contributed by atoms with Gasteiger partial charge in [-0.2, -0.15) is 0 Å². The molecule has 4 heterocycles. The fourth-order valence-electron chi connectivity index (χ4n) is 6.73. The summed E-state index contributed by atoms with van der Waals surface area (Å²) in [7, 11) is 0. The SMILES string of the molecule is CCCCCCC(CCCC)COC(=O)C1=CC(Br)SC1=c1cc(F)c(=C2SC(Br)(c3sccc3C(=O)OCC(CCCC)CCCCCC)C=C2F)s1. The maximum absolute atomic E-state index is 15.9. The van der Waals surface area contributed by atoms with Crippen LogP contribution in [0.5, 0.6) is 0 Å². The van der Waals surface area contributed by atoms with Gasteiger partial charge in [-0.05, 0) is 67.2 Å². The van der Waals surface area contributed by atoms with Crippen molar-refractivity contribution in [3.8, 4) is 0 Å². The van der Waals surface area contributed by atoms with Crippen molar-refractivity contribution in [3.63, 3.8) is 0 Å². The summed E-state index contributed by atoms with van der Waals surface area (Å²) in [6, 6.07) is 3.10. The molecule has 0 N–H and O–H groups in total. The number of thioether (sulfide) groups is 2. The van der Waals surface area contributed by atoms with E-state index in [1.54, 1.807) is 17.5 Å². The molecule has 0 bridgehead atoms. The Morgan fingerprint density at radius 3 is 1.98 bits per heavy atom. The molecule has 0 aliphatic carbocycles. The Morgan fingerprint density at radius 1 is 0.815 bits per heavy atom. The molecule has 0 fully saturated rings. The second kappa shape index (κ2) is 23.5. The molecule has 4 atom stereocenters. The maximum atomic E-state index is 15.9. The lowest BCUT2D eigenvalue weighted by atomic mass is 9.96. The van der Waals surface area contributed by atoms with Gasteiger partial charge in [-0.3, -0.25) is 0 Å². The first kappa shape index (κ1) is 45.8. The number of hydrogen-bond acceptors (Lipinski definition) is 8. The molecule has 2 aliphatic rings. The second-order valence-electron chi connectivity index (χ2n) is 14.3. The normalized spacial score (nSPS) is 21.6. The van der Waals surface area contributed by atoms with E-state index in [1.165, 1.54) is 73.8 Å². The molecule has 0 saturated heterocycles. The van der Waals surface area contributed by atoms with Crippen LogP contribution in [0.3, 0.4) is 0 Å². The van der Waals surface area contributed by atoms with Crippen LogP contribution in [0.25, 0.3) is 9.81 Å². The van der Waals surface area contributed by atoms with Crippen molar-refractivity contribution in [1.82, 2.24) is 0 Å². The van der Waals surface area contributed by atoms with Gasteiger partial charge in [0.25, 0.3) is 0 Å². The first-order chi connectivity index (χ1) is 26.0. The van der Waals surface area contributed by atoms with Gasteiger partial charge in [-0.25, -0.2) is 18.4 Å². The quantitative estimate of drug-likeness (QED) is 0.0628. The predicted octanol–water partition coefficient (Wildman–Crippen LogP) is 13.7. The number of hydrogen-bond donors (Lipinski definition) is 0. The molecule has 0 spiro atoms. The van der Waals surface area contributed by atoms with Gasteiger partial charge < -0.3 is 9.47 Å². The molecule has 0 amide bonds. The molecular weight excluding hydrogens is 895 g/mol. The number of rotatable bonds is 23. The average molecular weight is 951 g/mol. The third-order valence-electron chi connectivity index (χ3n) is 9.85. The van der Waals surface area contributed by atoms with E-state index in [1.807, 2.05) is 0 Å². The van der Waals surface area contributed by atoms with Gasteiger partial charge in [0.2, 0.25) is 0 Å². The Labute approximate surface area is 354 Å². The van der Waals surface area contributed by atoms with Crippen molar-refractivity contribution < 1.29 is 27.8 Å². The molecule has 2 aromatic rings. The zero-order chi connectivity index (χ0) is 39.1. The third kappa shape index (κ3) is 13.0. The van der Waals surface area contributed by atoms with Gasteiger partial charge in [-0.15, -0.1) is 34.4 Å². The summed E-state index contributed by atoms with van der Waals surface area (Å²) in [4.78, 5) is 28.3. The van der Waals surface area contributed by atoms with Crippen LogP contribution in [0.1, 0.15) is 146 Å². The van der Waals surface area contributed by atoms with E-state index in [-0.39, 0.29) is 13.6 Å². The highest BCUT2D eigenvalue weighted by Crippen LogP contribution is 2.58. The largest absolute Gasteiger partial charge is 0.462 e. The lowest BCUT2D eigenvalue weighted by Gasteiger charge is -2.20. The zero-order valence-corrected chi connectivity index (χ0v) is 38.6. The molecule has 0 aromatic carbocycles. The van der Waals surface area contributed by atoms with E-state index in [0.717, 1.165) is 87.3 Å². The molecule has 12 heteroatoms. The van der Waals surface area contributed by atoms with E-state index in [4.69, 9.17) is 9.47 Å². The van der Waals surface area contributed by atoms with E-state index >= 15 is 8.78 Å². The van der Waals surface area contributed by atoms with Crippen LogP contribution >= 0.6 is 78.1 Å². The van der Waals surface area contributed by atoms with Gasteiger partial charge in [0.15, 0.2) is 0 Å². The minimum absolute atomic E-state index is 0.147. The van der Waals surface area contributed by atoms with Crippen LogP contribution in [0, 0.1) is 17.7 Å². The second-order valence-corrected chi connectivity index (χ2v) is 22.1. The number of carbonyl (C=O) groups excluding carboxylic acids is 2. The molecule has 4 unspecified atom stereocenters. The van der Waals surface area contributed by atoms with Gasteiger partial charge in [-0.1, -0.05) is 148 Å². The molecule has 4 nitrogen and oxygen atoms in total. The summed E-state index contributed by atoms with van der Waals surface area (Å²) in [6.45, 7) is 9.47. The van der Waals surface area contributed by atoms with Crippen LogP contribution in [-0.2, 0) is 17.9 Å². The van der Waals surface area contributed by atoms with E-state index in [2.05, 4.69) is 59.6 Å². The molecule has 300 valence electrons. The summed E-state index contributed by atoms with van der Waals surface area (Å²) in [5.41, 5.74) is 0.791. The highest BCUT2D eigenvalue weighted by molar-refractivity contribution is 9.11. The highest BCUT2D eigenvalue weighted by Gasteiger charge is 2.42. The van der Waals surface area contributed by atoms with Crippen LogP contribution in [0.15, 0.2) is 41.1 Å². The smallest absolute Gasteiger partial charge is 0.339 e. The first-order valence-corrected chi connectivity index (χ1v) is 24.9. The topological polar surface area (TPSA) is 52.6 Å². The summed E-state index contributed by atoms with van der Waals surface area (Å²) >= 11 is 12.3. The monoisotopic (exact) mass is 948 g/mol. The number of alkyl halides is 2. The van der Waals surface area contributed by atoms with Crippen molar-refractivity contribution in [2.24, 2.45) is 11.8 Å². The number of ether oxygens (including phenoxy) is 2. The predicted molar refractivity (Wildman–Crippen MR) is 235 cm³/mol. The Kier molecular flexibility index (Phi) is 19.9. The minimum atomic E-state index is -1.11. The number of carbonyl (C=O) groups is 2. The number of thiophene rings is 2. The maximum Gasteiger partial charge on any atom is 0.339 e. The molecule has 2 aliphatic heterocycles. The third-order valence-corrected chi connectivity index (χ3v) is 16.9. The first-order valence-electron chi connectivity index (χ1n) is 19.8. The molecule has 0 radical (unpaired) electrons. The summed E-state index contributed by atoms with van der Waals surface area (Å²) in [5.74, 6) is -1.34. The van der Waals surface area contributed by atoms with Crippen LogP contribution in [0.4, 0.5) is 8.78 Å². The van der Waals surface area contributed by atoms with E-state index in [0.29, 0.717) is 50.5 Å². The average Bonchev–Trinajstić information content (AvgIpc) is 3.95. The fourth-order valence-corrected chi connectivity index (χ4v) is 13.2. The van der Waals surface area contributed by atoms with Crippen molar-refractivity contribution in [1.29, 1.82) is 0 Å². The highest BCUT2D eigenvalue weighted by atomic mass is 79.9. The standard InChI is InChI=1S/C42H56Br2F2O4S4/c1-5-9-13-15-19-28(17-11-7-3)26-49-40(47)30-21-22-51-39(30)42(44)25-33(46)38(54-42)37-32(45)24-34(52-37)36-31(23-35(43)53-36)41(48)50-27-29(18-12-8-4)20-16-14-10-6-2/h21-25,28-29,35H,5-20,26-27H2,1-4H3. The summed E-state index contributed by atoms with van der Waals surface area (Å²) in [6.07, 6.45) is 21.1. The number of unbranched alkanes of at least 4 members (excludes halogenated alkanes) is 8. The van der Waals surface area contributed by atoms with Gasteiger partial charge >= 0.3 is 11.9 Å². The summed E-state index contributed by atoms with van der Waals surface area (Å²) < 4.78 is 42.8. The number of halogens is 4. The van der Waals surface area contributed by atoms with Gasteiger partial charge in [0, 0.05) is 9.44 Å². The summed E-state index contributed by atoms with van der Waals surface area (Å²) in [5, 5.41) is 1.80.